The molecule has 0 spiro atoms. The average Bonchev–Trinajstić information content (AvgIpc) is 3.22. The van der Waals surface area contributed by atoms with Crippen LogP contribution >= 0.6 is 0 Å². The summed E-state index contributed by atoms with van der Waals surface area (Å²) < 4.78 is 12.9. The third-order valence-electron chi connectivity index (χ3n) is 4.79. The lowest BCUT2D eigenvalue weighted by Gasteiger charge is -2.26. The van der Waals surface area contributed by atoms with Crippen LogP contribution in [-0.2, 0) is 9.53 Å². The highest BCUT2D eigenvalue weighted by atomic mass is 16.5. The van der Waals surface area contributed by atoms with Crippen LogP contribution in [0.1, 0.15) is 18.6 Å². The lowest BCUT2D eigenvalue weighted by molar-refractivity contribution is -0.126. The number of nitrogens with one attached hydrogen (secondary N) is 1. The topological polar surface area (TPSA) is 91.2 Å². The van der Waals surface area contributed by atoms with Gasteiger partial charge < -0.3 is 14.8 Å². The van der Waals surface area contributed by atoms with Crippen LogP contribution in [-0.4, -0.2) is 45.4 Å². The lowest BCUT2D eigenvalue weighted by Crippen LogP contribution is -2.40. The number of carbonyl (C=O) groups excluding carboxylic acids is 1. The molecule has 8 nitrogen and oxygen atoms in total. The number of ether oxygens (including phenoxy) is 2. The number of rotatable bonds is 8. The molecule has 4 rings (SSSR count). The molecule has 0 aliphatic carbocycles. The number of aromatic nitrogens is 4. The maximum Gasteiger partial charge on any atom is 0.251 e. The average molecular weight is 417 g/mol. The third kappa shape index (κ3) is 4.70. The summed E-state index contributed by atoms with van der Waals surface area (Å²) in [4.78, 5) is 20.6. The van der Waals surface area contributed by atoms with Gasteiger partial charge in [-0.25, -0.2) is 9.97 Å². The van der Waals surface area contributed by atoms with Gasteiger partial charge in [0.2, 0.25) is 5.91 Å². The summed E-state index contributed by atoms with van der Waals surface area (Å²) in [6, 6.07) is 17.0. The van der Waals surface area contributed by atoms with E-state index in [0.29, 0.717) is 11.7 Å². The van der Waals surface area contributed by atoms with Gasteiger partial charge in [-0.1, -0.05) is 30.3 Å². The molecule has 0 radical (unpaired) electrons. The highest BCUT2D eigenvalue weighted by Crippen LogP contribution is 2.28. The fourth-order valence-corrected chi connectivity index (χ4v) is 3.39. The highest BCUT2D eigenvalue weighted by molar-refractivity contribution is 5.81. The van der Waals surface area contributed by atoms with Crippen LogP contribution in [0, 0.1) is 0 Å². The zero-order chi connectivity index (χ0) is 21.6. The Balaban J connectivity index is 1.61. The van der Waals surface area contributed by atoms with E-state index in [4.69, 9.17) is 9.47 Å². The number of hydrogen-bond donors (Lipinski definition) is 1. The van der Waals surface area contributed by atoms with Gasteiger partial charge in [0.1, 0.15) is 18.5 Å². The molecule has 4 aromatic rings. The van der Waals surface area contributed by atoms with E-state index >= 15 is 0 Å². The van der Waals surface area contributed by atoms with Crippen molar-refractivity contribution in [3.63, 3.8) is 0 Å². The second kappa shape index (κ2) is 9.36. The molecule has 0 aliphatic rings. The number of fused-ring (bicyclic) bond motifs is 1. The van der Waals surface area contributed by atoms with E-state index in [9.17, 15) is 4.79 Å². The van der Waals surface area contributed by atoms with E-state index in [1.54, 1.807) is 29.3 Å². The normalized spacial score (nSPS) is 13.0. The number of carbonyl (C=O) groups is 1. The zero-order valence-electron chi connectivity index (χ0n) is 17.3. The van der Waals surface area contributed by atoms with Crippen molar-refractivity contribution in [1.29, 1.82) is 0 Å². The van der Waals surface area contributed by atoms with Crippen LogP contribution in [0.25, 0.3) is 16.9 Å². The van der Waals surface area contributed by atoms with Crippen LogP contribution in [0.15, 0.2) is 73.2 Å². The molecule has 8 heteroatoms. The number of hydrogen-bond acceptors (Lipinski definition) is 6. The summed E-state index contributed by atoms with van der Waals surface area (Å²) in [6.07, 6.45) is 4.72. The predicted octanol–water partition coefficient (Wildman–Crippen LogP) is 3.09. The van der Waals surface area contributed by atoms with E-state index < -0.39 is 0 Å². The van der Waals surface area contributed by atoms with Crippen molar-refractivity contribution >= 4 is 16.8 Å². The summed E-state index contributed by atoms with van der Waals surface area (Å²) in [7, 11) is 1.49. The Labute approximate surface area is 179 Å². The fourth-order valence-electron chi connectivity index (χ4n) is 3.39. The van der Waals surface area contributed by atoms with Gasteiger partial charge in [0.05, 0.1) is 17.8 Å². The highest BCUT2D eigenvalue weighted by Gasteiger charge is 2.23. The van der Waals surface area contributed by atoms with Crippen molar-refractivity contribution in [2.45, 2.75) is 19.1 Å². The monoisotopic (exact) mass is 417 g/mol. The Morgan fingerprint density at radius 3 is 2.61 bits per heavy atom. The SMILES string of the molecule is COCC(=O)NC(C)[C@H](Oc1ccc2c(cnn2-c2ncccn2)c1)c1ccccc1. The van der Waals surface area contributed by atoms with Crippen LogP contribution in [0.5, 0.6) is 5.75 Å². The fraction of sp³-hybridized carbons (Fsp3) is 0.217. The Kier molecular flexibility index (Phi) is 6.18. The van der Waals surface area contributed by atoms with Crippen molar-refractivity contribution in [2.75, 3.05) is 13.7 Å². The van der Waals surface area contributed by atoms with Gasteiger partial charge in [0, 0.05) is 24.9 Å². The van der Waals surface area contributed by atoms with Crippen LogP contribution in [0.2, 0.25) is 0 Å². The lowest BCUT2D eigenvalue weighted by atomic mass is 10.0. The van der Waals surface area contributed by atoms with Gasteiger partial charge in [0.15, 0.2) is 0 Å². The van der Waals surface area contributed by atoms with Crippen molar-refractivity contribution in [3.05, 3.63) is 78.8 Å². The first-order valence-corrected chi connectivity index (χ1v) is 9.91. The maximum absolute atomic E-state index is 12.0. The first-order chi connectivity index (χ1) is 15.2. The van der Waals surface area contributed by atoms with Gasteiger partial charge >= 0.3 is 0 Å². The molecule has 2 atom stereocenters. The summed E-state index contributed by atoms with van der Waals surface area (Å²) in [5, 5.41) is 8.24. The van der Waals surface area contributed by atoms with Crippen molar-refractivity contribution in [1.82, 2.24) is 25.1 Å². The van der Waals surface area contributed by atoms with Gasteiger partial charge in [-0.15, -0.1) is 0 Å². The smallest absolute Gasteiger partial charge is 0.251 e. The second-order valence-electron chi connectivity index (χ2n) is 7.06. The quantitative estimate of drug-likeness (QED) is 0.474. The Hall–Kier alpha value is -3.78. The zero-order valence-corrected chi connectivity index (χ0v) is 17.3. The molecule has 1 N–H and O–H groups in total. The van der Waals surface area contributed by atoms with Crippen molar-refractivity contribution in [3.8, 4) is 11.7 Å². The van der Waals surface area contributed by atoms with Crippen LogP contribution in [0.4, 0.5) is 0 Å². The van der Waals surface area contributed by atoms with E-state index in [-0.39, 0.29) is 24.7 Å². The van der Waals surface area contributed by atoms with Gasteiger partial charge in [-0.2, -0.15) is 9.78 Å². The van der Waals surface area contributed by atoms with Gasteiger partial charge in [0.25, 0.3) is 5.95 Å². The van der Waals surface area contributed by atoms with Crippen LogP contribution < -0.4 is 10.1 Å². The molecule has 0 aliphatic heterocycles. The first kappa shape index (κ1) is 20.5. The summed E-state index contributed by atoms with van der Waals surface area (Å²) >= 11 is 0. The number of nitrogens with zero attached hydrogens (tertiary/aromatic N) is 4. The van der Waals surface area contributed by atoms with Gasteiger partial charge in [-0.3, -0.25) is 4.79 Å². The molecule has 1 amide bonds. The van der Waals surface area contributed by atoms with Crippen molar-refractivity contribution in [2.24, 2.45) is 0 Å². The minimum absolute atomic E-state index is 0.00144. The third-order valence-corrected chi connectivity index (χ3v) is 4.79. The molecule has 0 saturated carbocycles. The van der Waals surface area contributed by atoms with E-state index in [1.165, 1.54) is 7.11 Å². The van der Waals surface area contributed by atoms with Crippen LogP contribution in [0.3, 0.4) is 0 Å². The molecule has 31 heavy (non-hydrogen) atoms. The summed E-state index contributed by atoms with van der Waals surface area (Å²) in [5.74, 6) is 0.977. The molecule has 0 bridgehead atoms. The molecule has 0 saturated heterocycles. The Morgan fingerprint density at radius 1 is 1.10 bits per heavy atom. The van der Waals surface area contributed by atoms with E-state index in [0.717, 1.165) is 16.5 Å². The second-order valence-corrected chi connectivity index (χ2v) is 7.06. The minimum atomic E-state index is -0.382. The molecule has 2 aromatic carbocycles. The number of amides is 1. The van der Waals surface area contributed by atoms with E-state index in [2.05, 4.69) is 20.4 Å². The molecule has 1 unspecified atom stereocenters. The van der Waals surface area contributed by atoms with E-state index in [1.807, 2.05) is 55.5 Å². The summed E-state index contributed by atoms with van der Waals surface area (Å²) in [6.45, 7) is 1.91. The predicted molar refractivity (Wildman–Crippen MR) is 116 cm³/mol. The first-order valence-electron chi connectivity index (χ1n) is 9.91. The summed E-state index contributed by atoms with van der Waals surface area (Å²) in [5.41, 5.74) is 1.83. The molecule has 0 fully saturated rings. The standard InChI is InChI=1S/C23H23N5O3/c1-16(27-21(29)15-30-2)22(17-7-4-3-5-8-17)31-19-9-10-20-18(13-19)14-26-28(20)23-24-11-6-12-25-23/h3-14,16,22H,15H2,1-2H3,(H,27,29)/t16?,22-/m0/s1. The minimum Gasteiger partial charge on any atom is -0.484 e. The number of benzene rings is 2. The largest absolute Gasteiger partial charge is 0.484 e. The molecular weight excluding hydrogens is 394 g/mol. The Morgan fingerprint density at radius 2 is 1.87 bits per heavy atom. The number of methoxy groups -OCH3 is 1. The molecule has 2 heterocycles. The Bertz CT molecular complexity index is 1150. The molecule has 158 valence electrons. The van der Waals surface area contributed by atoms with Crippen molar-refractivity contribution < 1.29 is 14.3 Å². The van der Waals surface area contributed by atoms with Gasteiger partial charge in [-0.05, 0) is 36.8 Å². The maximum atomic E-state index is 12.0. The molecular formula is C23H23N5O3. The molecule has 2 aromatic heterocycles.